The summed E-state index contributed by atoms with van der Waals surface area (Å²) in [5.74, 6) is -0.0490. The molecule has 27 heavy (non-hydrogen) atoms. The molecule has 0 aliphatic heterocycles. The Kier molecular flexibility index (Phi) is 5.12. The summed E-state index contributed by atoms with van der Waals surface area (Å²) in [6.45, 7) is 3.23. The molecular formula is C18H17ClFN3O3S. The van der Waals surface area contributed by atoms with Gasteiger partial charge in [0.05, 0.1) is 29.9 Å². The quantitative estimate of drug-likeness (QED) is 0.688. The zero-order chi connectivity index (χ0) is 19.8. The number of nitrogens with zero attached hydrogens (tertiary/aromatic N) is 2. The van der Waals surface area contributed by atoms with E-state index in [1.54, 1.807) is 26.0 Å². The molecule has 0 unspecified atom stereocenters. The van der Waals surface area contributed by atoms with Crippen LogP contribution in [0.5, 0.6) is 5.75 Å². The van der Waals surface area contributed by atoms with Gasteiger partial charge in [0, 0.05) is 5.02 Å². The molecule has 9 heteroatoms. The van der Waals surface area contributed by atoms with Gasteiger partial charge in [0.25, 0.3) is 10.0 Å². The highest BCUT2D eigenvalue weighted by molar-refractivity contribution is 7.92. The molecule has 1 heterocycles. The van der Waals surface area contributed by atoms with Gasteiger partial charge in [-0.2, -0.15) is 5.10 Å². The van der Waals surface area contributed by atoms with Gasteiger partial charge in [-0.05, 0) is 56.3 Å². The summed E-state index contributed by atoms with van der Waals surface area (Å²) in [7, 11) is -2.53. The van der Waals surface area contributed by atoms with Gasteiger partial charge >= 0.3 is 0 Å². The summed E-state index contributed by atoms with van der Waals surface area (Å²) in [6.07, 6.45) is 0. The van der Waals surface area contributed by atoms with Crippen molar-refractivity contribution in [3.05, 3.63) is 64.7 Å². The standard InChI is InChI=1S/C18H17ClFN3O3S/c1-11-18(12(2)23(21-11)15-7-5-14(20)6-8-15)27(24,25)22-16-10-13(19)4-9-17(16)26-3/h4-10,22H,1-3H3. The van der Waals surface area contributed by atoms with E-state index in [0.717, 1.165) is 0 Å². The Bertz CT molecular complexity index is 1100. The molecule has 0 saturated heterocycles. The predicted molar refractivity (Wildman–Crippen MR) is 102 cm³/mol. The highest BCUT2D eigenvalue weighted by atomic mass is 35.5. The topological polar surface area (TPSA) is 73.2 Å². The number of anilines is 1. The van der Waals surface area contributed by atoms with Gasteiger partial charge in [-0.1, -0.05) is 11.6 Å². The van der Waals surface area contributed by atoms with Crippen LogP contribution in [0, 0.1) is 19.7 Å². The van der Waals surface area contributed by atoms with Crippen LogP contribution in [-0.2, 0) is 10.0 Å². The summed E-state index contributed by atoms with van der Waals surface area (Å²) >= 11 is 5.97. The number of aromatic nitrogens is 2. The van der Waals surface area contributed by atoms with Crippen molar-refractivity contribution >= 4 is 27.3 Å². The number of hydrogen-bond acceptors (Lipinski definition) is 4. The third-order valence-electron chi connectivity index (χ3n) is 3.97. The number of rotatable bonds is 5. The van der Waals surface area contributed by atoms with Crippen molar-refractivity contribution < 1.29 is 17.5 Å². The lowest BCUT2D eigenvalue weighted by atomic mass is 10.3. The maximum absolute atomic E-state index is 13.2. The Morgan fingerprint density at radius 2 is 1.81 bits per heavy atom. The first kappa shape index (κ1) is 19.2. The third-order valence-corrected chi connectivity index (χ3v) is 5.82. The molecule has 6 nitrogen and oxygen atoms in total. The molecule has 3 rings (SSSR count). The predicted octanol–water partition coefficient (Wildman–Crippen LogP) is 4.09. The van der Waals surface area contributed by atoms with Crippen LogP contribution in [0.15, 0.2) is 47.4 Å². The maximum atomic E-state index is 13.2. The normalized spacial score (nSPS) is 11.4. The van der Waals surface area contributed by atoms with Gasteiger partial charge in [-0.3, -0.25) is 4.72 Å². The molecule has 1 N–H and O–H groups in total. The number of methoxy groups -OCH3 is 1. The van der Waals surface area contributed by atoms with Gasteiger partial charge in [-0.15, -0.1) is 0 Å². The average molecular weight is 410 g/mol. The molecule has 3 aromatic rings. The minimum Gasteiger partial charge on any atom is -0.495 e. The molecule has 0 amide bonds. The lowest BCUT2D eigenvalue weighted by molar-refractivity contribution is 0.417. The summed E-state index contributed by atoms with van der Waals surface area (Å²) in [6, 6.07) is 10.3. The average Bonchev–Trinajstić information content (AvgIpc) is 2.90. The second-order valence-electron chi connectivity index (χ2n) is 5.84. The van der Waals surface area contributed by atoms with Crippen molar-refractivity contribution in [2.24, 2.45) is 0 Å². The van der Waals surface area contributed by atoms with Crippen molar-refractivity contribution in [3.63, 3.8) is 0 Å². The lowest BCUT2D eigenvalue weighted by Crippen LogP contribution is -2.15. The highest BCUT2D eigenvalue weighted by Crippen LogP contribution is 2.31. The minimum absolute atomic E-state index is 0.0360. The van der Waals surface area contributed by atoms with Crippen LogP contribution < -0.4 is 9.46 Å². The number of sulfonamides is 1. The molecule has 1 aromatic heterocycles. The Balaban J connectivity index is 2.05. The maximum Gasteiger partial charge on any atom is 0.265 e. The molecule has 0 radical (unpaired) electrons. The van der Waals surface area contributed by atoms with Crippen LogP contribution in [0.1, 0.15) is 11.4 Å². The van der Waals surface area contributed by atoms with E-state index in [1.807, 2.05) is 0 Å². The van der Waals surface area contributed by atoms with Crippen molar-refractivity contribution in [2.75, 3.05) is 11.8 Å². The fourth-order valence-electron chi connectivity index (χ4n) is 2.81. The Morgan fingerprint density at radius 3 is 2.44 bits per heavy atom. The highest BCUT2D eigenvalue weighted by Gasteiger charge is 2.26. The minimum atomic E-state index is -3.97. The van der Waals surface area contributed by atoms with Gasteiger partial charge in [-0.25, -0.2) is 17.5 Å². The van der Waals surface area contributed by atoms with E-state index in [1.165, 1.54) is 42.1 Å². The molecule has 0 saturated carbocycles. The summed E-state index contributed by atoms with van der Waals surface area (Å²) in [5, 5.41) is 4.66. The second kappa shape index (κ2) is 7.21. The fourth-order valence-corrected chi connectivity index (χ4v) is 4.44. The van der Waals surface area contributed by atoms with Crippen LogP contribution in [0.4, 0.5) is 10.1 Å². The summed E-state index contributed by atoms with van der Waals surface area (Å²) < 4.78 is 48.3. The summed E-state index contributed by atoms with van der Waals surface area (Å²) in [5.41, 5.74) is 1.48. The molecule has 0 aliphatic carbocycles. The number of hydrogen-bond donors (Lipinski definition) is 1. The summed E-state index contributed by atoms with van der Waals surface area (Å²) in [4.78, 5) is 0.0360. The van der Waals surface area contributed by atoms with Crippen molar-refractivity contribution in [2.45, 2.75) is 18.7 Å². The Hall–Kier alpha value is -2.58. The first-order valence-electron chi connectivity index (χ1n) is 7.91. The fraction of sp³-hybridized carbons (Fsp3) is 0.167. The molecule has 0 bridgehead atoms. The zero-order valence-electron chi connectivity index (χ0n) is 14.8. The first-order chi connectivity index (χ1) is 12.7. The Morgan fingerprint density at radius 1 is 1.15 bits per heavy atom. The van der Waals surface area contributed by atoms with Gasteiger partial charge in [0.2, 0.25) is 0 Å². The monoisotopic (exact) mass is 409 g/mol. The molecule has 142 valence electrons. The van der Waals surface area contributed by atoms with E-state index in [0.29, 0.717) is 27.8 Å². The molecule has 0 spiro atoms. The van der Waals surface area contributed by atoms with Crippen LogP contribution in [0.25, 0.3) is 5.69 Å². The lowest BCUT2D eigenvalue weighted by Gasteiger charge is -2.12. The molecule has 0 atom stereocenters. The van der Waals surface area contributed by atoms with Crippen LogP contribution >= 0.6 is 11.6 Å². The van der Waals surface area contributed by atoms with E-state index < -0.39 is 10.0 Å². The number of benzene rings is 2. The number of halogens is 2. The largest absolute Gasteiger partial charge is 0.495 e. The van der Waals surface area contributed by atoms with E-state index >= 15 is 0 Å². The van der Waals surface area contributed by atoms with Gasteiger partial charge in [0.1, 0.15) is 16.5 Å². The molecule has 0 aliphatic rings. The smallest absolute Gasteiger partial charge is 0.265 e. The third kappa shape index (κ3) is 3.77. The van der Waals surface area contributed by atoms with Gasteiger partial charge < -0.3 is 4.74 Å². The Labute approximate surface area is 161 Å². The van der Waals surface area contributed by atoms with Crippen molar-refractivity contribution in [3.8, 4) is 11.4 Å². The van der Waals surface area contributed by atoms with E-state index in [2.05, 4.69) is 9.82 Å². The van der Waals surface area contributed by atoms with E-state index in [4.69, 9.17) is 16.3 Å². The van der Waals surface area contributed by atoms with Crippen LogP contribution in [0.3, 0.4) is 0 Å². The van der Waals surface area contributed by atoms with E-state index in [9.17, 15) is 12.8 Å². The zero-order valence-corrected chi connectivity index (χ0v) is 16.4. The van der Waals surface area contributed by atoms with E-state index in [-0.39, 0.29) is 16.4 Å². The van der Waals surface area contributed by atoms with Gasteiger partial charge in [0.15, 0.2) is 0 Å². The first-order valence-corrected chi connectivity index (χ1v) is 9.77. The molecular weight excluding hydrogens is 393 g/mol. The number of aryl methyl sites for hydroxylation is 1. The van der Waals surface area contributed by atoms with Crippen molar-refractivity contribution in [1.82, 2.24) is 9.78 Å². The SMILES string of the molecule is COc1ccc(Cl)cc1NS(=O)(=O)c1c(C)nn(-c2ccc(F)cc2)c1C. The number of ether oxygens (including phenoxy) is 1. The van der Waals surface area contributed by atoms with Crippen molar-refractivity contribution in [1.29, 1.82) is 0 Å². The number of nitrogens with one attached hydrogen (secondary N) is 1. The molecule has 2 aromatic carbocycles. The van der Waals surface area contributed by atoms with Crippen LogP contribution in [0.2, 0.25) is 5.02 Å². The molecule has 0 fully saturated rings. The second-order valence-corrected chi connectivity index (χ2v) is 7.89. The van der Waals surface area contributed by atoms with Crippen LogP contribution in [-0.4, -0.2) is 25.3 Å².